The topological polar surface area (TPSA) is 69.7 Å². The Kier molecular flexibility index (Phi) is 7.28. The van der Waals surface area contributed by atoms with Crippen molar-refractivity contribution in [2.75, 3.05) is 14.2 Å². The first kappa shape index (κ1) is 18.4. The Balaban J connectivity index is 2.97. The van der Waals surface area contributed by atoms with Crippen LogP contribution in [0.2, 0.25) is 0 Å². The average molecular weight is 310 g/mol. The van der Waals surface area contributed by atoms with Gasteiger partial charge in [-0.1, -0.05) is 25.8 Å². The van der Waals surface area contributed by atoms with E-state index in [4.69, 9.17) is 9.47 Å². The lowest BCUT2D eigenvalue weighted by Crippen LogP contribution is -2.41. The summed E-state index contributed by atoms with van der Waals surface area (Å²) in [6.07, 6.45) is 6.95. The molecule has 0 fully saturated rings. The van der Waals surface area contributed by atoms with E-state index < -0.39 is 17.4 Å². The van der Waals surface area contributed by atoms with Gasteiger partial charge in [-0.05, 0) is 31.3 Å². The number of ether oxygens (including phenoxy) is 2. The summed E-state index contributed by atoms with van der Waals surface area (Å²) in [6, 6.07) is 0. The molecule has 0 atom stereocenters. The van der Waals surface area contributed by atoms with Gasteiger partial charge in [0, 0.05) is 12.8 Å². The zero-order chi connectivity index (χ0) is 16.6. The first-order valence-corrected chi connectivity index (χ1v) is 7.91. The third-order valence-electron chi connectivity index (χ3n) is 4.21. The summed E-state index contributed by atoms with van der Waals surface area (Å²) in [7, 11) is 2.51. The van der Waals surface area contributed by atoms with Crippen LogP contribution in [0, 0.1) is 5.41 Å². The summed E-state index contributed by atoms with van der Waals surface area (Å²) in [5.41, 5.74) is -0.823. The summed E-state index contributed by atoms with van der Waals surface area (Å²) in [5.74, 6) is -1.21. The average Bonchev–Trinajstić information content (AvgIpc) is 2.77. The highest BCUT2D eigenvalue weighted by atomic mass is 16.5. The molecule has 22 heavy (non-hydrogen) atoms. The van der Waals surface area contributed by atoms with Crippen LogP contribution < -0.4 is 0 Å². The summed E-state index contributed by atoms with van der Waals surface area (Å²) >= 11 is 0. The molecular formula is C17H26O5. The van der Waals surface area contributed by atoms with Crippen LogP contribution in [0.3, 0.4) is 0 Å². The van der Waals surface area contributed by atoms with Crippen molar-refractivity contribution in [1.29, 1.82) is 0 Å². The minimum Gasteiger partial charge on any atom is -0.468 e. The predicted octanol–water partition coefficient (Wildman–Crippen LogP) is 2.97. The summed E-state index contributed by atoms with van der Waals surface area (Å²) < 4.78 is 9.64. The molecule has 0 N–H and O–H groups in total. The van der Waals surface area contributed by atoms with E-state index in [9.17, 15) is 14.4 Å². The lowest BCUT2D eigenvalue weighted by Gasteiger charge is -2.27. The molecule has 0 amide bonds. The summed E-state index contributed by atoms with van der Waals surface area (Å²) in [5, 5.41) is 0. The van der Waals surface area contributed by atoms with Gasteiger partial charge in [0.2, 0.25) is 0 Å². The molecule has 1 rings (SSSR count). The Bertz CT molecular complexity index is 434. The summed E-state index contributed by atoms with van der Waals surface area (Å²) in [4.78, 5) is 36.8. The van der Waals surface area contributed by atoms with E-state index >= 15 is 0 Å². The van der Waals surface area contributed by atoms with Crippen LogP contribution in [0.5, 0.6) is 0 Å². The molecule has 0 saturated heterocycles. The maximum absolute atomic E-state index is 12.4. The molecule has 0 radical (unpaired) electrons. The fourth-order valence-corrected chi connectivity index (χ4v) is 2.90. The molecule has 124 valence electrons. The second-order valence-electron chi connectivity index (χ2n) is 5.74. The quantitative estimate of drug-likeness (QED) is 0.411. The minimum absolute atomic E-state index is 0.0209. The van der Waals surface area contributed by atoms with E-state index in [0.717, 1.165) is 19.3 Å². The van der Waals surface area contributed by atoms with Crippen LogP contribution in [-0.2, 0) is 23.9 Å². The normalized spacial score (nSPS) is 17.1. The monoisotopic (exact) mass is 310 g/mol. The molecule has 0 aromatic carbocycles. The number of rotatable bonds is 7. The van der Waals surface area contributed by atoms with E-state index in [1.54, 1.807) is 0 Å². The fourth-order valence-electron chi connectivity index (χ4n) is 2.90. The van der Waals surface area contributed by atoms with Gasteiger partial charge in [0.25, 0.3) is 0 Å². The highest BCUT2D eigenvalue weighted by Crippen LogP contribution is 2.38. The number of unbranched alkanes of at least 4 members (excludes halogenated alkanes) is 2. The largest absolute Gasteiger partial charge is 0.468 e. The number of esters is 2. The molecule has 0 aromatic heterocycles. The third-order valence-corrected chi connectivity index (χ3v) is 4.21. The Morgan fingerprint density at radius 2 is 1.77 bits per heavy atom. The van der Waals surface area contributed by atoms with Gasteiger partial charge < -0.3 is 9.47 Å². The highest BCUT2D eigenvalue weighted by Gasteiger charge is 2.49. The van der Waals surface area contributed by atoms with Gasteiger partial charge in [0.1, 0.15) is 0 Å². The molecule has 1 aliphatic rings. The van der Waals surface area contributed by atoms with Crippen molar-refractivity contribution < 1.29 is 23.9 Å². The lowest BCUT2D eigenvalue weighted by atomic mass is 9.77. The van der Waals surface area contributed by atoms with Crippen molar-refractivity contribution in [3.8, 4) is 0 Å². The Morgan fingerprint density at radius 1 is 1.14 bits per heavy atom. The second-order valence-corrected chi connectivity index (χ2v) is 5.74. The number of hydrogen-bond donors (Lipinski definition) is 0. The van der Waals surface area contributed by atoms with E-state index in [-0.39, 0.29) is 12.2 Å². The van der Waals surface area contributed by atoms with Crippen molar-refractivity contribution in [2.45, 2.75) is 58.3 Å². The highest BCUT2D eigenvalue weighted by molar-refractivity contribution is 6.03. The second kappa shape index (κ2) is 8.71. The molecule has 5 nitrogen and oxygen atoms in total. The molecule has 0 unspecified atom stereocenters. The number of allylic oxidation sites excluding steroid dienone is 2. The predicted molar refractivity (Wildman–Crippen MR) is 82.2 cm³/mol. The van der Waals surface area contributed by atoms with E-state index in [2.05, 4.69) is 6.92 Å². The zero-order valence-electron chi connectivity index (χ0n) is 13.8. The van der Waals surface area contributed by atoms with Gasteiger partial charge in [-0.3, -0.25) is 14.4 Å². The third kappa shape index (κ3) is 4.18. The van der Waals surface area contributed by atoms with Gasteiger partial charge in [0.05, 0.1) is 14.2 Å². The van der Waals surface area contributed by atoms with Gasteiger partial charge in [-0.15, -0.1) is 0 Å². The van der Waals surface area contributed by atoms with Crippen molar-refractivity contribution in [3.63, 3.8) is 0 Å². The molecule has 0 aliphatic heterocycles. The van der Waals surface area contributed by atoms with Crippen molar-refractivity contribution in [2.24, 2.45) is 5.41 Å². The van der Waals surface area contributed by atoms with Crippen LogP contribution in [0.15, 0.2) is 11.6 Å². The standard InChI is InChI=1S/C17H26O5/c1-4-5-6-10-14(18)13-9-7-8-11-17(12-13,15(19)21-2)16(20)22-3/h9H,4-8,10-12H2,1-3H3. The van der Waals surface area contributed by atoms with E-state index in [1.807, 2.05) is 6.08 Å². The molecule has 1 aliphatic carbocycles. The first-order chi connectivity index (χ1) is 10.5. The van der Waals surface area contributed by atoms with Crippen LogP contribution in [0.25, 0.3) is 0 Å². The molecule has 5 heteroatoms. The maximum atomic E-state index is 12.4. The molecule has 0 heterocycles. The van der Waals surface area contributed by atoms with Crippen molar-refractivity contribution in [1.82, 2.24) is 0 Å². The van der Waals surface area contributed by atoms with Crippen LogP contribution in [0.1, 0.15) is 58.3 Å². The van der Waals surface area contributed by atoms with E-state index in [1.165, 1.54) is 14.2 Å². The van der Waals surface area contributed by atoms with Crippen LogP contribution in [0.4, 0.5) is 0 Å². The van der Waals surface area contributed by atoms with Crippen LogP contribution >= 0.6 is 0 Å². The Labute approximate surface area is 132 Å². The number of ketones is 1. The number of carbonyl (C=O) groups excluding carboxylic acids is 3. The number of hydrogen-bond acceptors (Lipinski definition) is 5. The molecule has 0 saturated carbocycles. The SMILES string of the molecule is CCCCCC(=O)C1=CCCCC(C(=O)OC)(C(=O)OC)C1. The van der Waals surface area contributed by atoms with Crippen molar-refractivity contribution >= 4 is 17.7 Å². The van der Waals surface area contributed by atoms with Crippen LogP contribution in [-0.4, -0.2) is 31.9 Å². The number of carbonyl (C=O) groups is 3. The Hall–Kier alpha value is -1.65. The molecule has 0 spiro atoms. The van der Waals surface area contributed by atoms with Gasteiger partial charge in [0.15, 0.2) is 11.2 Å². The molecular weight excluding hydrogens is 284 g/mol. The maximum Gasteiger partial charge on any atom is 0.323 e. The molecule has 0 bridgehead atoms. The van der Waals surface area contributed by atoms with Crippen molar-refractivity contribution in [3.05, 3.63) is 11.6 Å². The van der Waals surface area contributed by atoms with E-state index in [0.29, 0.717) is 31.3 Å². The van der Waals surface area contributed by atoms with Gasteiger partial charge in [-0.25, -0.2) is 0 Å². The Morgan fingerprint density at radius 3 is 2.32 bits per heavy atom. The smallest absolute Gasteiger partial charge is 0.323 e. The lowest BCUT2D eigenvalue weighted by molar-refractivity contribution is -0.169. The van der Waals surface area contributed by atoms with Gasteiger partial charge in [-0.2, -0.15) is 0 Å². The summed E-state index contributed by atoms with van der Waals surface area (Å²) in [6.45, 7) is 2.08. The zero-order valence-corrected chi connectivity index (χ0v) is 13.8. The first-order valence-electron chi connectivity index (χ1n) is 7.91. The molecule has 0 aromatic rings. The van der Waals surface area contributed by atoms with Gasteiger partial charge >= 0.3 is 11.9 Å². The fraction of sp³-hybridized carbons (Fsp3) is 0.706. The number of Topliss-reactive ketones (excluding diaryl/α,β-unsaturated/α-hetero) is 1. The number of methoxy groups -OCH3 is 2. The minimum atomic E-state index is -1.38.